The van der Waals surface area contributed by atoms with Crippen LogP contribution in [-0.2, 0) is 24.1 Å². The number of carbonyl (C=O) groups excluding carboxylic acids is 1. The standard InChI is InChI=1S/C17H23NO2/c19-12-13-6-8-18(9-7-13)17(20)11-14-4-5-15-2-1-3-16(15)10-14/h4-5,10,13,19H,1-3,6-9,11-12H2. The van der Waals surface area contributed by atoms with Gasteiger partial charge >= 0.3 is 0 Å². The monoisotopic (exact) mass is 273 g/mol. The zero-order valence-corrected chi connectivity index (χ0v) is 12.0. The molecule has 3 nitrogen and oxygen atoms in total. The van der Waals surface area contributed by atoms with Gasteiger partial charge in [-0.1, -0.05) is 18.2 Å². The minimum absolute atomic E-state index is 0.235. The van der Waals surface area contributed by atoms with E-state index in [0.717, 1.165) is 31.5 Å². The first-order valence-corrected chi connectivity index (χ1v) is 7.75. The first-order valence-electron chi connectivity index (χ1n) is 7.75. The van der Waals surface area contributed by atoms with Crippen molar-refractivity contribution in [3.05, 3.63) is 34.9 Å². The minimum Gasteiger partial charge on any atom is -0.396 e. The van der Waals surface area contributed by atoms with E-state index in [2.05, 4.69) is 18.2 Å². The first kappa shape index (κ1) is 13.6. The van der Waals surface area contributed by atoms with Crippen molar-refractivity contribution in [2.75, 3.05) is 19.7 Å². The average Bonchev–Trinajstić information content (AvgIpc) is 2.95. The quantitative estimate of drug-likeness (QED) is 0.914. The molecule has 0 spiro atoms. The van der Waals surface area contributed by atoms with Crippen LogP contribution in [0.3, 0.4) is 0 Å². The van der Waals surface area contributed by atoms with Gasteiger partial charge in [0.1, 0.15) is 0 Å². The van der Waals surface area contributed by atoms with Gasteiger partial charge in [-0.25, -0.2) is 0 Å². The molecule has 3 heteroatoms. The van der Waals surface area contributed by atoms with Crippen LogP contribution in [0.1, 0.15) is 36.0 Å². The summed E-state index contributed by atoms with van der Waals surface area (Å²) in [5.74, 6) is 0.624. The van der Waals surface area contributed by atoms with E-state index in [4.69, 9.17) is 5.11 Å². The summed E-state index contributed by atoms with van der Waals surface area (Å²) in [6.45, 7) is 1.86. The maximum atomic E-state index is 12.3. The summed E-state index contributed by atoms with van der Waals surface area (Å²) in [6, 6.07) is 6.53. The first-order chi connectivity index (χ1) is 9.76. The van der Waals surface area contributed by atoms with E-state index < -0.39 is 0 Å². The molecule has 3 rings (SSSR count). The van der Waals surface area contributed by atoms with Crippen LogP contribution in [0.4, 0.5) is 0 Å². The summed E-state index contributed by atoms with van der Waals surface area (Å²) < 4.78 is 0. The fourth-order valence-electron chi connectivity index (χ4n) is 3.39. The average molecular weight is 273 g/mol. The number of rotatable bonds is 3. The van der Waals surface area contributed by atoms with Gasteiger partial charge < -0.3 is 10.0 Å². The summed E-state index contributed by atoms with van der Waals surface area (Å²) >= 11 is 0. The molecule has 1 N–H and O–H groups in total. The van der Waals surface area contributed by atoms with Gasteiger partial charge in [-0.3, -0.25) is 4.79 Å². The van der Waals surface area contributed by atoms with E-state index in [0.29, 0.717) is 12.3 Å². The number of piperidine rings is 1. The molecule has 0 unspecified atom stereocenters. The normalized spacial score (nSPS) is 19.1. The molecule has 1 fully saturated rings. The van der Waals surface area contributed by atoms with E-state index in [1.54, 1.807) is 0 Å². The highest BCUT2D eigenvalue weighted by atomic mass is 16.3. The van der Waals surface area contributed by atoms with Gasteiger partial charge in [0.05, 0.1) is 6.42 Å². The van der Waals surface area contributed by atoms with Crippen molar-refractivity contribution in [3.63, 3.8) is 0 Å². The van der Waals surface area contributed by atoms with Gasteiger partial charge in [-0.15, -0.1) is 0 Å². The number of aryl methyl sites for hydroxylation is 2. The number of carbonyl (C=O) groups is 1. The molecule has 0 bridgehead atoms. The Morgan fingerprint density at radius 2 is 1.95 bits per heavy atom. The van der Waals surface area contributed by atoms with Gasteiger partial charge in [0.15, 0.2) is 0 Å². The molecule has 1 aliphatic heterocycles. The van der Waals surface area contributed by atoms with Crippen LogP contribution in [-0.4, -0.2) is 35.6 Å². The second-order valence-electron chi connectivity index (χ2n) is 6.14. The Balaban J connectivity index is 1.59. The van der Waals surface area contributed by atoms with Gasteiger partial charge in [-0.05, 0) is 54.7 Å². The Hall–Kier alpha value is -1.35. The SMILES string of the molecule is O=C(Cc1ccc2c(c1)CCC2)N1CCC(CO)CC1. The van der Waals surface area contributed by atoms with Gasteiger partial charge in [0.2, 0.25) is 5.91 Å². The molecule has 1 heterocycles. The van der Waals surface area contributed by atoms with Crippen LogP contribution < -0.4 is 0 Å². The van der Waals surface area contributed by atoms with Crippen molar-refractivity contribution >= 4 is 5.91 Å². The Labute approximate surface area is 120 Å². The van der Waals surface area contributed by atoms with Gasteiger partial charge in [-0.2, -0.15) is 0 Å². The molecule has 1 aromatic carbocycles. The molecular formula is C17H23NO2. The molecule has 2 aliphatic rings. The minimum atomic E-state index is 0.235. The summed E-state index contributed by atoms with van der Waals surface area (Å²) in [5, 5.41) is 9.14. The second kappa shape index (κ2) is 5.96. The third kappa shape index (κ3) is 2.88. The zero-order valence-electron chi connectivity index (χ0n) is 12.0. The molecule has 20 heavy (non-hydrogen) atoms. The molecule has 1 aliphatic carbocycles. The molecule has 1 amide bonds. The third-order valence-corrected chi connectivity index (χ3v) is 4.74. The van der Waals surface area contributed by atoms with Crippen LogP contribution in [0.15, 0.2) is 18.2 Å². The van der Waals surface area contributed by atoms with Gasteiger partial charge in [0, 0.05) is 19.7 Å². The van der Waals surface area contributed by atoms with E-state index in [1.165, 1.54) is 30.4 Å². The van der Waals surface area contributed by atoms with Crippen molar-refractivity contribution < 1.29 is 9.90 Å². The zero-order chi connectivity index (χ0) is 13.9. The lowest BCUT2D eigenvalue weighted by Gasteiger charge is -2.31. The Morgan fingerprint density at radius 1 is 1.20 bits per heavy atom. The van der Waals surface area contributed by atoms with Gasteiger partial charge in [0.25, 0.3) is 0 Å². The predicted molar refractivity (Wildman–Crippen MR) is 78.6 cm³/mol. The largest absolute Gasteiger partial charge is 0.396 e. The smallest absolute Gasteiger partial charge is 0.226 e. The van der Waals surface area contributed by atoms with E-state index in [1.807, 2.05) is 4.90 Å². The topological polar surface area (TPSA) is 40.5 Å². The maximum absolute atomic E-state index is 12.3. The highest BCUT2D eigenvalue weighted by Crippen LogP contribution is 2.23. The fraction of sp³-hybridized carbons (Fsp3) is 0.588. The molecular weight excluding hydrogens is 250 g/mol. The Kier molecular flexibility index (Phi) is 4.06. The Morgan fingerprint density at radius 3 is 2.70 bits per heavy atom. The van der Waals surface area contributed by atoms with Crippen molar-refractivity contribution in [2.45, 2.75) is 38.5 Å². The lowest BCUT2D eigenvalue weighted by molar-refractivity contribution is -0.132. The number of nitrogens with zero attached hydrogens (tertiary/aromatic N) is 1. The van der Waals surface area contributed by atoms with Crippen LogP contribution >= 0.6 is 0 Å². The van der Waals surface area contributed by atoms with E-state index in [9.17, 15) is 4.79 Å². The number of amides is 1. The molecule has 1 aromatic rings. The van der Waals surface area contributed by atoms with Crippen LogP contribution in [0, 0.1) is 5.92 Å². The molecule has 0 aromatic heterocycles. The molecule has 0 radical (unpaired) electrons. The Bertz CT molecular complexity index is 490. The fourth-order valence-corrected chi connectivity index (χ4v) is 3.39. The van der Waals surface area contributed by atoms with Crippen molar-refractivity contribution in [2.24, 2.45) is 5.92 Å². The van der Waals surface area contributed by atoms with Crippen LogP contribution in [0.2, 0.25) is 0 Å². The predicted octanol–water partition coefficient (Wildman–Crippen LogP) is 1.95. The number of fused-ring (bicyclic) bond motifs is 1. The highest BCUT2D eigenvalue weighted by Gasteiger charge is 2.22. The van der Waals surface area contributed by atoms with Crippen molar-refractivity contribution in [3.8, 4) is 0 Å². The molecule has 0 saturated carbocycles. The summed E-state index contributed by atoms with van der Waals surface area (Å²) in [4.78, 5) is 14.3. The molecule has 108 valence electrons. The number of likely N-dealkylation sites (tertiary alicyclic amines) is 1. The van der Waals surface area contributed by atoms with Crippen molar-refractivity contribution in [1.29, 1.82) is 0 Å². The summed E-state index contributed by atoms with van der Waals surface area (Å²) in [7, 11) is 0. The van der Waals surface area contributed by atoms with E-state index >= 15 is 0 Å². The molecule has 1 saturated heterocycles. The summed E-state index contributed by atoms with van der Waals surface area (Å²) in [6.07, 6.45) is 6.01. The second-order valence-corrected chi connectivity index (χ2v) is 6.14. The van der Waals surface area contributed by atoms with Crippen LogP contribution in [0.5, 0.6) is 0 Å². The molecule has 0 atom stereocenters. The number of hydrogen-bond donors (Lipinski definition) is 1. The number of benzene rings is 1. The number of aliphatic hydroxyl groups is 1. The highest BCUT2D eigenvalue weighted by molar-refractivity contribution is 5.79. The number of aliphatic hydroxyl groups excluding tert-OH is 1. The lowest BCUT2D eigenvalue weighted by Crippen LogP contribution is -2.40. The summed E-state index contributed by atoms with van der Waals surface area (Å²) in [5.41, 5.74) is 4.05. The maximum Gasteiger partial charge on any atom is 0.226 e. The lowest BCUT2D eigenvalue weighted by atomic mass is 9.97. The van der Waals surface area contributed by atoms with Crippen molar-refractivity contribution in [1.82, 2.24) is 4.90 Å². The number of hydrogen-bond acceptors (Lipinski definition) is 2. The third-order valence-electron chi connectivity index (χ3n) is 4.74. The van der Waals surface area contributed by atoms with Crippen LogP contribution in [0.25, 0.3) is 0 Å². The van der Waals surface area contributed by atoms with E-state index in [-0.39, 0.29) is 12.5 Å².